The molecule has 0 aromatic heterocycles. The lowest BCUT2D eigenvalue weighted by atomic mass is 9.99. The number of benzene rings is 2. The van der Waals surface area contributed by atoms with E-state index >= 15 is 0 Å². The minimum Gasteiger partial charge on any atom is -0.496 e. The van der Waals surface area contributed by atoms with Crippen LogP contribution in [0.5, 0.6) is 5.75 Å². The van der Waals surface area contributed by atoms with Crippen molar-refractivity contribution < 1.29 is 23.9 Å². The van der Waals surface area contributed by atoms with Crippen molar-refractivity contribution in [2.45, 2.75) is 6.42 Å². The van der Waals surface area contributed by atoms with Gasteiger partial charge in [0.25, 0.3) is 0 Å². The quantitative estimate of drug-likeness (QED) is 0.428. The van der Waals surface area contributed by atoms with Crippen LogP contribution in [-0.4, -0.2) is 55.5 Å². The average molecular weight is 386 g/mol. The molecule has 1 N–H and O–H groups in total. The lowest BCUT2D eigenvalue weighted by Gasteiger charge is -2.14. The second-order valence-corrected chi connectivity index (χ2v) is 6.60. The monoisotopic (exact) mass is 386 g/mol. The van der Waals surface area contributed by atoms with Gasteiger partial charge in [-0.2, -0.15) is 0 Å². The van der Waals surface area contributed by atoms with Crippen LogP contribution in [0.3, 0.4) is 0 Å². The van der Waals surface area contributed by atoms with Gasteiger partial charge in [0, 0.05) is 18.7 Å². The summed E-state index contributed by atoms with van der Waals surface area (Å²) in [5, 5.41) is 13.0. The maximum Gasteiger partial charge on any atom is 0.307 e. The fraction of sp³-hybridized carbons (Fsp3) is 0.333. The molecule has 1 saturated heterocycles. The number of hydrogen-bond donors (Lipinski definition) is 1. The number of ether oxygens (including phenoxy) is 1. The first-order valence-electron chi connectivity index (χ1n) is 9.12. The lowest BCUT2D eigenvalue weighted by Crippen LogP contribution is -2.26. The maximum absolute atomic E-state index is 14.4. The van der Waals surface area contributed by atoms with Crippen LogP contribution in [0.2, 0.25) is 0 Å². The number of halogens is 1. The van der Waals surface area contributed by atoms with Crippen molar-refractivity contribution in [2.75, 3.05) is 33.4 Å². The van der Waals surface area contributed by atoms with Gasteiger partial charge in [0.05, 0.1) is 24.8 Å². The highest BCUT2D eigenvalue weighted by molar-refractivity contribution is 5.91. The Balaban J connectivity index is 1.62. The van der Waals surface area contributed by atoms with Crippen LogP contribution < -0.4 is 4.74 Å². The van der Waals surface area contributed by atoms with Crippen LogP contribution in [0.1, 0.15) is 12.0 Å². The molecular formula is C21H23FN2O4. The molecule has 1 heterocycles. The van der Waals surface area contributed by atoms with Gasteiger partial charge < -0.3 is 14.7 Å². The van der Waals surface area contributed by atoms with Gasteiger partial charge in [-0.1, -0.05) is 35.5 Å². The summed E-state index contributed by atoms with van der Waals surface area (Å²) in [5.41, 5.74) is 1.75. The number of rotatable bonds is 8. The molecule has 0 saturated carbocycles. The summed E-state index contributed by atoms with van der Waals surface area (Å²) in [6.07, 6.45) is 2.21. The largest absolute Gasteiger partial charge is 0.496 e. The number of nitrogens with zero attached hydrogens (tertiary/aromatic N) is 2. The third-order valence-electron chi connectivity index (χ3n) is 4.81. The number of oxime groups is 1. The summed E-state index contributed by atoms with van der Waals surface area (Å²) >= 11 is 0. The van der Waals surface area contributed by atoms with Crippen LogP contribution in [0.4, 0.5) is 4.39 Å². The molecule has 7 heteroatoms. The van der Waals surface area contributed by atoms with Crippen molar-refractivity contribution in [3.8, 4) is 16.9 Å². The Hall–Kier alpha value is -2.93. The summed E-state index contributed by atoms with van der Waals surface area (Å²) in [7, 11) is 1.51. The van der Waals surface area contributed by atoms with Crippen LogP contribution >= 0.6 is 0 Å². The van der Waals surface area contributed by atoms with E-state index in [-0.39, 0.29) is 11.7 Å². The van der Waals surface area contributed by atoms with E-state index in [9.17, 15) is 9.18 Å². The highest BCUT2D eigenvalue weighted by Gasteiger charge is 2.27. The molecule has 148 valence electrons. The molecule has 0 spiro atoms. The molecule has 28 heavy (non-hydrogen) atoms. The standard InChI is InChI=1S/C21H23FN2O4/c1-27-19-8-4-7-18(22)20(19)17-6-3-2-5-15(17)13-23-28-12-11-24-10-9-16(14-24)21(25)26/h2-8,13,16H,9-12,14H2,1H3,(H,25,26)/b23-13+. The van der Waals surface area contributed by atoms with Gasteiger partial charge in [0.1, 0.15) is 18.2 Å². The number of carboxylic acid groups (broad SMARTS) is 1. The average Bonchev–Trinajstić information content (AvgIpc) is 3.17. The number of likely N-dealkylation sites (tertiary alicyclic amines) is 1. The molecule has 0 amide bonds. The predicted octanol–water partition coefficient (Wildman–Crippen LogP) is 3.26. The van der Waals surface area contributed by atoms with Crippen LogP contribution in [0, 0.1) is 11.7 Å². The smallest absolute Gasteiger partial charge is 0.307 e. The molecule has 6 nitrogen and oxygen atoms in total. The predicted molar refractivity (Wildman–Crippen MR) is 104 cm³/mol. The second kappa shape index (κ2) is 9.32. The molecule has 3 rings (SSSR count). The molecule has 2 aromatic rings. The fourth-order valence-corrected chi connectivity index (χ4v) is 3.33. The molecule has 1 unspecified atom stereocenters. The van der Waals surface area contributed by atoms with Crippen molar-refractivity contribution in [3.63, 3.8) is 0 Å². The van der Waals surface area contributed by atoms with E-state index in [1.165, 1.54) is 13.2 Å². The highest BCUT2D eigenvalue weighted by atomic mass is 19.1. The minimum absolute atomic E-state index is 0.300. The first-order valence-corrected chi connectivity index (χ1v) is 9.12. The Labute approximate surface area is 163 Å². The summed E-state index contributed by atoms with van der Waals surface area (Å²) in [6.45, 7) is 2.26. The zero-order valence-corrected chi connectivity index (χ0v) is 15.7. The zero-order chi connectivity index (χ0) is 19.9. The van der Waals surface area contributed by atoms with Gasteiger partial charge in [-0.25, -0.2) is 4.39 Å². The van der Waals surface area contributed by atoms with Crippen LogP contribution in [0.25, 0.3) is 11.1 Å². The Kier molecular flexibility index (Phi) is 6.60. The molecule has 0 aliphatic carbocycles. The Morgan fingerprint density at radius 3 is 2.89 bits per heavy atom. The summed E-state index contributed by atoms with van der Waals surface area (Å²) in [4.78, 5) is 18.4. The molecule has 1 fully saturated rings. The Bertz CT molecular complexity index is 856. The number of carbonyl (C=O) groups is 1. The number of aliphatic carboxylic acids is 1. The van der Waals surface area contributed by atoms with Crippen molar-refractivity contribution in [1.82, 2.24) is 4.90 Å². The van der Waals surface area contributed by atoms with E-state index < -0.39 is 5.97 Å². The van der Waals surface area contributed by atoms with Gasteiger partial charge in [-0.15, -0.1) is 0 Å². The minimum atomic E-state index is -0.749. The molecule has 0 bridgehead atoms. The van der Waals surface area contributed by atoms with Gasteiger partial charge in [0.2, 0.25) is 0 Å². The van der Waals surface area contributed by atoms with E-state index in [1.54, 1.807) is 24.4 Å². The highest BCUT2D eigenvalue weighted by Crippen LogP contribution is 2.34. The van der Waals surface area contributed by atoms with Crippen molar-refractivity contribution >= 4 is 12.2 Å². The van der Waals surface area contributed by atoms with E-state index in [1.807, 2.05) is 23.1 Å². The van der Waals surface area contributed by atoms with E-state index in [4.69, 9.17) is 14.7 Å². The van der Waals surface area contributed by atoms with Crippen molar-refractivity contribution in [3.05, 3.63) is 53.8 Å². The van der Waals surface area contributed by atoms with Crippen LogP contribution in [0.15, 0.2) is 47.6 Å². The van der Waals surface area contributed by atoms with E-state index in [0.29, 0.717) is 48.6 Å². The Morgan fingerprint density at radius 1 is 1.32 bits per heavy atom. The Morgan fingerprint density at radius 2 is 2.14 bits per heavy atom. The fourth-order valence-electron chi connectivity index (χ4n) is 3.33. The second-order valence-electron chi connectivity index (χ2n) is 6.60. The maximum atomic E-state index is 14.4. The molecule has 1 aliphatic heterocycles. The van der Waals surface area contributed by atoms with Gasteiger partial charge in [0.15, 0.2) is 0 Å². The summed E-state index contributed by atoms with van der Waals surface area (Å²) in [5.74, 6) is -0.973. The number of methoxy groups -OCH3 is 1. The SMILES string of the molecule is COc1cccc(F)c1-c1ccccc1/C=N/OCCN1CCC(C(=O)O)C1. The number of hydrogen-bond acceptors (Lipinski definition) is 5. The summed E-state index contributed by atoms with van der Waals surface area (Å²) < 4.78 is 19.7. The number of carboxylic acids is 1. The zero-order valence-electron chi connectivity index (χ0n) is 15.7. The summed E-state index contributed by atoms with van der Waals surface area (Å²) in [6, 6.07) is 12.0. The third kappa shape index (κ3) is 4.67. The van der Waals surface area contributed by atoms with Crippen LogP contribution in [-0.2, 0) is 9.63 Å². The third-order valence-corrected chi connectivity index (χ3v) is 4.81. The molecule has 2 aromatic carbocycles. The van der Waals surface area contributed by atoms with E-state index in [2.05, 4.69) is 5.16 Å². The first kappa shape index (κ1) is 19.8. The van der Waals surface area contributed by atoms with Gasteiger partial charge in [-0.05, 0) is 30.7 Å². The first-order chi connectivity index (χ1) is 13.6. The van der Waals surface area contributed by atoms with Crippen molar-refractivity contribution in [1.29, 1.82) is 0 Å². The normalized spacial score (nSPS) is 17.1. The van der Waals surface area contributed by atoms with E-state index in [0.717, 1.165) is 6.54 Å². The topological polar surface area (TPSA) is 71.4 Å². The van der Waals surface area contributed by atoms with Gasteiger partial charge in [-0.3, -0.25) is 9.69 Å². The lowest BCUT2D eigenvalue weighted by molar-refractivity contribution is -0.141. The molecule has 1 aliphatic rings. The van der Waals surface area contributed by atoms with Gasteiger partial charge >= 0.3 is 5.97 Å². The molecule has 1 atom stereocenters. The molecular weight excluding hydrogens is 363 g/mol. The van der Waals surface area contributed by atoms with Crippen molar-refractivity contribution in [2.24, 2.45) is 11.1 Å². The molecule has 0 radical (unpaired) electrons.